The first-order chi connectivity index (χ1) is 22.3. The van der Waals surface area contributed by atoms with Crippen molar-refractivity contribution in [1.82, 2.24) is 25.1 Å². The number of ketones is 1. The molecule has 0 fully saturated rings. The SMILES string of the molecule is COC(NC(=O)O)(OC)c1ccccc1C(=O)[C@H](CCSC)Nc1cccc(-c2ccc3cnn(-c4cccc(C#N)n4)c3c2)n1. The second-order valence-electron chi connectivity index (χ2n) is 10.1. The first-order valence-corrected chi connectivity index (χ1v) is 15.5. The van der Waals surface area contributed by atoms with Gasteiger partial charge in [-0.15, -0.1) is 0 Å². The molecule has 46 heavy (non-hydrogen) atoms. The summed E-state index contributed by atoms with van der Waals surface area (Å²) in [6, 6.07) is 24.5. The van der Waals surface area contributed by atoms with Gasteiger partial charge >= 0.3 is 6.09 Å². The van der Waals surface area contributed by atoms with Crippen molar-refractivity contribution in [2.75, 3.05) is 31.5 Å². The molecule has 0 aliphatic carbocycles. The Morgan fingerprint density at radius 2 is 1.83 bits per heavy atom. The predicted octanol–water partition coefficient (Wildman–Crippen LogP) is 5.44. The van der Waals surface area contributed by atoms with Crippen LogP contribution in [0, 0.1) is 11.3 Å². The summed E-state index contributed by atoms with van der Waals surface area (Å²) in [5, 5.41) is 29.7. The van der Waals surface area contributed by atoms with Crippen LogP contribution in [-0.2, 0) is 15.4 Å². The average molecular weight is 638 g/mol. The summed E-state index contributed by atoms with van der Waals surface area (Å²) >= 11 is 1.60. The molecule has 12 nitrogen and oxygen atoms in total. The number of carbonyl (C=O) groups excluding carboxylic acids is 1. The van der Waals surface area contributed by atoms with Crippen molar-refractivity contribution in [2.45, 2.75) is 18.4 Å². The number of amides is 1. The van der Waals surface area contributed by atoms with Crippen LogP contribution < -0.4 is 10.6 Å². The molecule has 13 heteroatoms. The predicted molar refractivity (Wildman–Crippen MR) is 175 cm³/mol. The number of carboxylic acid groups (broad SMARTS) is 1. The van der Waals surface area contributed by atoms with Crippen molar-refractivity contribution >= 4 is 40.4 Å². The van der Waals surface area contributed by atoms with E-state index in [0.29, 0.717) is 35.2 Å². The smallest absolute Gasteiger partial charge is 0.409 e. The van der Waals surface area contributed by atoms with Crippen LogP contribution >= 0.6 is 11.8 Å². The van der Waals surface area contributed by atoms with Crippen LogP contribution in [0.2, 0.25) is 0 Å². The minimum Gasteiger partial charge on any atom is -0.465 e. The van der Waals surface area contributed by atoms with Gasteiger partial charge in [0.15, 0.2) is 11.6 Å². The van der Waals surface area contributed by atoms with Gasteiger partial charge in [-0.3, -0.25) is 10.1 Å². The number of Topliss-reactive ketones (excluding diaryl/α,β-unsaturated/α-hetero) is 1. The van der Waals surface area contributed by atoms with E-state index in [2.05, 4.69) is 26.8 Å². The van der Waals surface area contributed by atoms with Crippen LogP contribution in [0.15, 0.2) is 85.1 Å². The van der Waals surface area contributed by atoms with Gasteiger partial charge in [-0.2, -0.15) is 22.1 Å². The Kier molecular flexibility index (Phi) is 9.92. The van der Waals surface area contributed by atoms with E-state index in [4.69, 9.17) is 14.5 Å². The molecule has 3 aromatic heterocycles. The van der Waals surface area contributed by atoms with Gasteiger partial charge in [0.1, 0.15) is 17.6 Å². The number of methoxy groups -OCH3 is 2. The third kappa shape index (κ3) is 6.69. The summed E-state index contributed by atoms with van der Waals surface area (Å²) in [4.78, 5) is 34.9. The van der Waals surface area contributed by atoms with Gasteiger partial charge in [0.2, 0.25) is 0 Å². The van der Waals surface area contributed by atoms with E-state index in [1.165, 1.54) is 14.2 Å². The zero-order valence-corrected chi connectivity index (χ0v) is 26.1. The van der Waals surface area contributed by atoms with Gasteiger partial charge in [0.05, 0.1) is 23.4 Å². The van der Waals surface area contributed by atoms with E-state index in [0.717, 1.165) is 16.5 Å². The first-order valence-electron chi connectivity index (χ1n) is 14.2. The van der Waals surface area contributed by atoms with Crippen molar-refractivity contribution in [3.05, 3.63) is 102 Å². The van der Waals surface area contributed by atoms with E-state index in [1.54, 1.807) is 71.2 Å². The maximum Gasteiger partial charge on any atom is 0.409 e. The molecule has 0 aliphatic heterocycles. The standard InChI is InChI=1S/C33H31N7O5S/c1-44-33(45-2,39-32(42)43)25-10-5-4-9-24(25)31(41)27(16-17-46-3)38-29-12-7-11-26(37-29)21-14-15-22-20-35-40(28(22)18-21)30-13-6-8-23(19-34)36-30/h4-15,18,20,27,39H,16-17H2,1-3H3,(H,37,38)(H,42,43)/t27-/m0/s1. The average Bonchev–Trinajstić information content (AvgIpc) is 3.52. The Balaban J connectivity index is 1.48. The van der Waals surface area contributed by atoms with Crippen molar-refractivity contribution in [2.24, 2.45) is 0 Å². The van der Waals surface area contributed by atoms with Crippen LogP contribution in [0.5, 0.6) is 0 Å². The largest absolute Gasteiger partial charge is 0.465 e. The summed E-state index contributed by atoms with van der Waals surface area (Å²) in [6.07, 6.45) is 2.79. The molecule has 2 aromatic carbocycles. The monoisotopic (exact) mass is 637 g/mol. The molecule has 1 amide bonds. The Hall–Kier alpha value is -5.29. The van der Waals surface area contributed by atoms with Crippen LogP contribution in [0.3, 0.4) is 0 Å². The van der Waals surface area contributed by atoms with Gasteiger partial charge in [0.25, 0.3) is 5.91 Å². The maximum absolute atomic E-state index is 14.1. The zero-order chi connectivity index (χ0) is 32.7. The second kappa shape index (κ2) is 14.2. The molecule has 1 atom stereocenters. The molecule has 234 valence electrons. The highest BCUT2D eigenvalue weighted by Crippen LogP contribution is 2.30. The highest BCUT2D eigenvalue weighted by Gasteiger charge is 2.39. The van der Waals surface area contributed by atoms with Crippen LogP contribution in [0.1, 0.15) is 28.0 Å². The van der Waals surface area contributed by atoms with E-state index in [-0.39, 0.29) is 16.9 Å². The molecule has 0 saturated heterocycles. The van der Waals surface area contributed by atoms with Gasteiger partial charge in [0, 0.05) is 36.3 Å². The minimum absolute atomic E-state index is 0.227. The Bertz CT molecular complexity index is 1920. The number of nitrogens with one attached hydrogen (secondary N) is 2. The molecule has 5 rings (SSSR count). The highest BCUT2D eigenvalue weighted by atomic mass is 32.2. The number of hydrogen-bond donors (Lipinski definition) is 3. The van der Waals surface area contributed by atoms with Gasteiger partial charge in [-0.1, -0.05) is 48.5 Å². The lowest BCUT2D eigenvalue weighted by molar-refractivity contribution is -0.231. The fourth-order valence-corrected chi connectivity index (χ4v) is 5.58. The summed E-state index contributed by atoms with van der Waals surface area (Å²) in [7, 11) is 2.59. The Morgan fingerprint density at radius 1 is 1.04 bits per heavy atom. The van der Waals surface area contributed by atoms with Crippen molar-refractivity contribution < 1.29 is 24.2 Å². The van der Waals surface area contributed by atoms with Gasteiger partial charge in [-0.25, -0.2) is 19.4 Å². The number of pyridine rings is 2. The molecule has 3 heterocycles. The number of ether oxygens (including phenoxy) is 2. The van der Waals surface area contributed by atoms with Crippen molar-refractivity contribution in [1.29, 1.82) is 5.26 Å². The van der Waals surface area contributed by atoms with E-state index >= 15 is 0 Å². The molecule has 3 N–H and O–H groups in total. The van der Waals surface area contributed by atoms with Crippen LogP contribution in [0.25, 0.3) is 28.0 Å². The van der Waals surface area contributed by atoms with Crippen molar-refractivity contribution in [3.8, 4) is 23.1 Å². The highest BCUT2D eigenvalue weighted by molar-refractivity contribution is 7.98. The number of nitriles is 1. The summed E-state index contributed by atoms with van der Waals surface area (Å²) in [5.41, 5.74) is 3.03. The fourth-order valence-electron chi connectivity index (χ4n) is 5.11. The summed E-state index contributed by atoms with van der Waals surface area (Å²) < 4.78 is 12.6. The second-order valence-corrected chi connectivity index (χ2v) is 11.1. The minimum atomic E-state index is -1.89. The maximum atomic E-state index is 14.1. The third-order valence-electron chi connectivity index (χ3n) is 7.32. The number of rotatable bonds is 13. The normalized spacial score (nSPS) is 12.0. The molecule has 5 aromatic rings. The van der Waals surface area contributed by atoms with Gasteiger partial charge < -0.3 is 19.9 Å². The fraction of sp³-hybridized carbons (Fsp3) is 0.212. The Morgan fingerprint density at radius 3 is 2.57 bits per heavy atom. The number of anilines is 1. The lowest BCUT2D eigenvalue weighted by atomic mass is 9.95. The third-order valence-corrected chi connectivity index (χ3v) is 7.97. The number of fused-ring (bicyclic) bond motifs is 1. The number of carbonyl (C=O) groups is 2. The Labute approximate surface area is 269 Å². The number of benzene rings is 2. The van der Waals surface area contributed by atoms with Crippen molar-refractivity contribution in [3.63, 3.8) is 0 Å². The van der Waals surface area contributed by atoms with Crippen LogP contribution in [-0.4, -0.2) is 69.0 Å². The number of nitrogens with zero attached hydrogens (tertiary/aromatic N) is 5. The molecule has 0 saturated carbocycles. The van der Waals surface area contributed by atoms with E-state index in [9.17, 15) is 20.0 Å². The first kappa shape index (κ1) is 32.1. The van der Waals surface area contributed by atoms with E-state index < -0.39 is 18.0 Å². The molecule has 0 bridgehead atoms. The van der Waals surface area contributed by atoms with Crippen LogP contribution in [0.4, 0.5) is 10.6 Å². The number of thioether (sulfide) groups is 1. The molecular weight excluding hydrogens is 606 g/mol. The quantitative estimate of drug-likeness (QED) is 0.111. The van der Waals surface area contributed by atoms with E-state index in [1.807, 2.05) is 36.6 Å². The zero-order valence-electron chi connectivity index (χ0n) is 25.3. The summed E-state index contributed by atoms with van der Waals surface area (Å²) in [6.45, 7) is 0. The molecule has 0 unspecified atom stereocenters. The molecule has 0 aliphatic rings. The topological polar surface area (TPSA) is 164 Å². The number of aromatic nitrogens is 4. The molecule has 0 radical (unpaired) electrons. The molecule has 0 spiro atoms. The number of hydrogen-bond acceptors (Lipinski definition) is 10. The summed E-state index contributed by atoms with van der Waals surface area (Å²) in [5.74, 6) is -0.481. The lowest BCUT2D eigenvalue weighted by Gasteiger charge is -2.32. The van der Waals surface area contributed by atoms with Gasteiger partial charge in [-0.05, 0) is 48.8 Å². The molecular formula is C33H31N7O5S. The lowest BCUT2D eigenvalue weighted by Crippen LogP contribution is -2.49.